The van der Waals surface area contributed by atoms with Crippen molar-refractivity contribution in [1.29, 1.82) is 0 Å². The zero-order valence-corrected chi connectivity index (χ0v) is 11.6. The van der Waals surface area contributed by atoms with Crippen LogP contribution in [0, 0.1) is 0 Å². The summed E-state index contributed by atoms with van der Waals surface area (Å²) in [6.07, 6.45) is 1.69. The Hall–Kier alpha value is -2.14. The molecule has 0 aliphatic rings. The van der Waals surface area contributed by atoms with Crippen LogP contribution in [-0.4, -0.2) is 20.4 Å². The van der Waals surface area contributed by atoms with Crippen molar-refractivity contribution < 1.29 is 4.79 Å². The van der Waals surface area contributed by atoms with Crippen LogP contribution < -0.4 is 5.73 Å². The Labute approximate surface area is 120 Å². The number of nitrogens with two attached hydrogens (primary N) is 1. The van der Waals surface area contributed by atoms with Crippen LogP contribution in [0.3, 0.4) is 0 Å². The molecule has 0 bridgehead atoms. The van der Waals surface area contributed by atoms with Gasteiger partial charge in [0.05, 0.1) is 23.1 Å². The summed E-state index contributed by atoms with van der Waals surface area (Å²) < 4.78 is 1.80. The Morgan fingerprint density at radius 1 is 1.40 bits per heavy atom. The molecule has 0 aliphatic heterocycles. The van der Waals surface area contributed by atoms with Crippen molar-refractivity contribution in [3.05, 3.63) is 36.3 Å². The van der Waals surface area contributed by atoms with Gasteiger partial charge in [0.1, 0.15) is 17.4 Å². The number of carbonyl (C=O) groups is 1. The molecule has 20 heavy (non-hydrogen) atoms. The molecule has 2 N–H and O–H groups in total. The summed E-state index contributed by atoms with van der Waals surface area (Å²) in [6.45, 7) is 1.74. The molecule has 2 aromatic heterocycles. The number of fused-ring (bicyclic) bond motifs is 3. The van der Waals surface area contributed by atoms with E-state index in [1.807, 2.05) is 24.3 Å². The maximum absolute atomic E-state index is 11.6. The third-order valence-electron chi connectivity index (χ3n) is 3.41. The summed E-state index contributed by atoms with van der Waals surface area (Å²) in [7, 11) is 0. The number of benzene rings is 1. The van der Waals surface area contributed by atoms with Gasteiger partial charge < -0.3 is 10.3 Å². The summed E-state index contributed by atoms with van der Waals surface area (Å²) >= 11 is 5.95. The minimum atomic E-state index is -0.514. The number of hydrogen-bond donors (Lipinski definition) is 1. The molecule has 0 radical (unpaired) electrons. The van der Waals surface area contributed by atoms with Crippen LogP contribution in [0.15, 0.2) is 30.5 Å². The topological polar surface area (TPSA) is 73.8 Å². The van der Waals surface area contributed by atoms with Crippen LogP contribution in [0.25, 0.3) is 21.9 Å². The lowest BCUT2D eigenvalue weighted by Crippen LogP contribution is -2.25. The standard InChI is InChI=1S/C14H13ClN4O/c1-8(14(16)20)19-12(6-15)18-11-7-17-10-5-3-2-4-9(10)13(11)19/h2-5,7-8H,6H2,1H3,(H2,16,20). The van der Waals surface area contributed by atoms with Gasteiger partial charge in [0.15, 0.2) is 0 Å². The first kappa shape index (κ1) is 12.9. The number of imidazole rings is 1. The molecule has 0 fully saturated rings. The van der Waals surface area contributed by atoms with Gasteiger partial charge in [-0.3, -0.25) is 9.78 Å². The monoisotopic (exact) mass is 288 g/mol. The molecule has 1 unspecified atom stereocenters. The Balaban J connectivity index is 2.46. The molecule has 0 aliphatic carbocycles. The molecule has 1 amide bonds. The van der Waals surface area contributed by atoms with E-state index in [0.29, 0.717) is 11.3 Å². The first-order valence-electron chi connectivity index (χ1n) is 6.23. The number of pyridine rings is 1. The SMILES string of the molecule is CC(C(N)=O)n1c(CCl)nc2cnc3ccccc3c21. The normalized spacial score (nSPS) is 12.9. The second-order valence-electron chi connectivity index (χ2n) is 4.62. The summed E-state index contributed by atoms with van der Waals surface area (Å²) in [6, 6.07) is 7.20. The van der Waals surface area contributed by atoms with Gasteiger partial charge in [0, 0.05) is 5.39 Å². The number of halogens is 1. The number of aromatic nitrogens is 3. The molecule has 0 saturated heterocycles. The highest BCUT2D eigenvalue weighted by atomic mass is 35.5. The van der Waals surface area contributed by atoms with E-state index >= 15 is 0 Å². The van der Waals surface area contributed by atoms with Gasteiger partial charge in [-0.05, 0) is 13.0 Å². The highest BCUT2D eigenvalue weighted by Crippen LogP contribution is 2.28. The second kappa shape index (κ2) is 4.76. The van der Waals surface area contributed by atoms with Gasteiger partial charge in [-0.1, -0.05) is 18.2 Å². The second-order valence-corrected chi connectivity index (χ2v) is 4.89. The van der Waals surface area contributed by atoms with Gasteiger partial charge in [0.25, 0.3) is 0 Å². The van der Waals surface area contributed by atoms with Crippen molar-refractivity contribution in [2.24, 2.45) is 5.73 Å². The predicted octanol–water partition coefficient (Wildman–Crippen LogP) is 2.37. The summed E-state index contributed by atoms with van der Waals surface area (Å²) in [4.78, 5) is 20.4. The zero-order valence-electron chi connectivity index (χ0n) is 10.9. The third kappa shape index (κ3) is 1.82. The lowest BCUT2D eigenvalue weighted by Gasteiger charge is -2.14. The van der Waals surface area contributed by atoms with Gasteiger partial charge in [-0.2, -0.15) is 0 Å². The van der Waals surface area contributed by atoms with Crippen molar-refractivity contribution in [2.75, 3.05) is 0 Å². The lowest BCUT2D eigenvalue weighted by atomic mass is 10.2. The highest BCUT2D eigenvalue weighted by molar-refractivity contribution is 6.17. The first-order chi connectivity index (χ1) is 9.63. The van der Waals surface area contributed by atoms with E-state index in [1.54, 1.807) is 17.7 Å². The molecule has 3 aromatic rings. The van der Waals surface area contributed by atoms with Crippen LogP contribution >= 0.6 is 11.6 Å². The van der Waals surface area contributed by atoms with Gasteiger partial charge in [-0.15, -0.1) is 11.6 Å². The fourth-order valence-electron chi connectivity index (χ4n) is 2.41. The van der Waals surface area contributed by atoms with E-state index in [-0.39, 0.29) is 5.88 Å². The van der Waals surface area contributed by atoms with E-state index in [0.717, 1.165) is 16.4 Å². The molecule has 102 valence electrons. The number of primary amides is 1. The minimum Gasteiger partial charge on any atom is -0.368 e. The predicted molar refractivity (Wildman–Crippen MR) is 78.5 cm³/mol. The smallest absolute Gasteiger partial charge is 0.240 e. The quantitative estimate of drug-likeness (QED) is 0.752. The number of rotatable bonds is 3. The summed E-state index contributed by atoms with van der Waals surface area (Å²) in [5.74, 6) is 0.406. The van der Waals surface area contributed by atoms with Crippen molar-refractivity contribution >= 4 is 39.4 Å². The van der Waals surface area contributed by atoms with E-state index < -0.39 is 11.9 Å². The molecule has 2 heterocycles. The van der Waals surface area contributed by atoms with Gasteiger partial charge in [-0.25, -0.2) is 4.98 Å². The highest BCUT2D eigenvalue weighted by Gasteiger charge is 2.20. The van der Waals surface area contributed by atoms with Gasteiger partial charge in [0.2, 0.25) is 5.91 Å². The molecule has 0 saturated carbocycles. The molecule has 0 spiro atoms. The van der Waals surface area contributed by atoms with Crippen LogP contribution in [0.2, 0.25) is 0 Å². The Morgan fingerprint density at radius 2 is 2.15 bits per heavy atom. The van der Waals surface area contributed by atoms with Crippen molar-refractivity contribution in [2.45, 2.75) is 18.8 Å². The molecular weight excluding hydrogens is 276 g/mol. The zero-order chi connectivity index (χ0) is 14.3. The Morgan fingerprint density at radius 3 is 2.85 bits per heavy atom. The summed E-state index contributed by atoms with van der Waals surface area (Å²) in [5.41, 5.74) is 7.85. The minimum absolute atomic E-state index is 0.209. The molecule has 3 rings (SSSR count). The fourth-order valence-corrected chi connectivity index (χ4v) is 2.60. The first-order valence-corrected chi connectivity index (χ1v) is 6.76. The van der Waals surface area contributed by atoms with Gasteiger partial charge >= 0.3 is 0 Å². The van der Waals surface area contributed by atoms with Crippen molar-refractivity contribution in [3.8, 4) is 0 Å². The summed E-state index contributed by atoms with van der Waals surface area (Å²) in [5, 5.41) is 0.932. The molecule has 5 nitrogen and oxygen atoms in total. The molecule has 1 atom stereocenters. The van der Waals surface area contributed by atoms with E-state index in [1.165, 1.54) is 0 Å². The van der Waals surface area contributed by atoms with Crippen LogP contribution in [0.1, 0.15) is 18.8 Å². The van der Waals surface area contributed by atoms with Crippen LogP contribution in [-0.2, 0) is 10.7 Å². The lowest BCUT2D eigenvalue weighted by molar-refractivity contribution is -0.120. The number of carbonyl (C=O) groups excluding carboxylic acids is 1. The van der Waals surface area contributed by atoms with Crippen LogP contribution in [0.5, 0.6) is 0 Å². The van der Waals surface area contributed by atoms with Crippen molar-refractivity contribution in [1.82, 2.24) is 14.5 Å². The number of amides is 1. The van der Waals surface area contributed by atoms with Crippen LogP contribution in [0.4, 0.5) is 0 Å². The Kier molecular flexibility index (Phi) is 3.06. The number of hydrogen-bond acceptors (Lipinski definition) is 3. The molecular formula is C14H13ClN4O. The Bertz CT molecular complexity index is 811. The number of para-hydroxylation sites is 1. The average molecular weight is 289 g/mol. The third-order valence-corrected chi connectivity index (χ3v) is 3.65. The number of nitrogens with zero attached hydrogens (tertiary/aromatic N) is 3. The largest absolute Gasteiger partial charge is 0.368 e. The van der Waals surface area contributed by atoms with E-state index in [2.05, 4.69) is 9.97 Å². The fraction of sp³-hybridized carbons (Fsp3) is 0.214. The molecule has 1 aromatic carbocycles. The van der Waals surface area contributed by atoms with E-state index in [9.17, 15) is 4.79 Å². The van der Waals surface area contributed by atoms with Crippen molar-refractivity contribution in [3.63, 3.8) is 0 Å². The average Bonchev–Trinajstić information content (AvgIpc) is 2.85. The maximum Gasteiger partial charge on any atom is 0.240 e. The maximum atomic E-state index is 11.6. The molecule has 6 heteroatoms. The number of alkyl halides is 1. The van der Waals surface area contributed by atoms with E-state index in [4.69, 9.17) is 17.3 Å².